The van der Waals surface area contributed by atoms with Gasteiger partial charge in [-0.1, -0.05) is 23.2 Å². The minimum atomic E-state index is -0.687. The van der Waals surface area contributed by atoms with E-state index in [-0.39, 0.29) is 32.4 Å². The summed E-state index contributed by atoms with van der Waals surface area (Å²) in [5.74, 6) is 0. The fourth-order valence-electron chi connectivity index (χ4n) is 2.44. The number of ether oxygens (including phenoxy) is 3. The van der Waals surface area contributed by atoms with E-state index < -0.39 is 18.3 Å². The summed E-state index contributed by atoms with van der Waals surface area (Å²) >= 11 is 11.6. The molecule has 0 heterocycles. The number of nitrogens with zero attached hydrogens (tertiary/aromatic N) is 1. The van der Waals surface area contributed by atoms with E-state index in [1.807, 2.05) is 0 Å². The number of amides is 3. The standard InChI is InChI=1S/C22H25Cl2N3O6/c1-15(2)33-22(30)27(11-13-31-20(28)25-18-7-3-16(23)4-8-18)12-14-32-21(29)26-19-9-5-17(24)6-10-19/h3-10,15H,11-14H2,1-2H3,(H,25,28)(H,26,29). The molecule has 0 radical (unpaired) electrons. The molecule has 11 heteroatoms. The lowest BCUT2D eigenvalue weighted by molar-refractivity contribution is 0.0600. The first kappa shape index (κ1) is 26.1. The smallest absolute Gasteiger partial charge is 0.411 e. The van der Waals surface area contributed by atoms with Crippen molar-refractivity contribution in [2.75, 3.05) is 36.9 Å². The molecule has 0 spiro atoms. The van der Waals surface area contributed by atoms with Gasteiger partial charge in [-0.25, -0.2) is 14.4 Å². The van der Waals surface area contributed by atoms with Gasteiger partial charge in [0.1, 0.15) is 13.2 Å². The van der Waals surface area contributed by atoms with Crippen LogP contribution in [0.5, 0.6) is 0 Å². The monoisotopic (exact) mass is 497 g/mol. The maximum atomic E-state index is 12.3. The molecular formula is C22H25Cl2N3O6. The normalized spacial score (nSPS) is 10.3. The van der Waals surface area contributed by atoms with E-state index in [0.29, 0.717) is 21.4 Å². The maximum absolute atomic E-state index is 12.3. The molecule has 0 atom stereocenters. The fourth-order valence-corrected chi connectivity index (χ4v) is 2.69. The molecule has 178 valence electrons. The van der Waals surface area contributed by atoms with Crippen molar-refractivity contribution in [2.24, 2.45) is 0 Å². The minimum Gasteiger partial charge on any atom is -0.447 e. The molecule has 2 rings (SSSR count). The molecule has 3 amide bonds. The largest absolute Gasteiger partial charge is 0.447 e. The van der Waals surface area contributed by atoms with Gasteiger partial charge in [0, 0.05) is 21.4 Å². The zero-order valence-corrected chi connectivity index (χ0v) is 19.7. The highest BCUT2D eigenvalue weighted by Crippen LogP contribution is 2.14. The van der Waals surface area contributed by atoms with Crippen molar-refractivity contribution in [1.29, 1.82) is 0 Å². The number of benzene rings is 2. The molecule has 0 saturated heterocycles. The second-order valence-corrected chi connectivity index (χ2v) is 7.83. The molecular weight excluding hydrogens is 473 g/mol. The first-order valence-electron chi connectivity index (χ1n) is 10.1. The predicted octanol–water partition coefficient (Wildman–Crippen LogP) is 5.64. The lowest BCUT2D eigenvalue weighted by Gasteiger charge is -2.23. The van der Waals surface area contributed by atoms with Crippen molar-refractivity contribution in [1.82, 2.24) is 4.90 Å². The van der Waals surface area contributed by atoms with Crippen LogP contribution in [0.15, 0.2) is 48.5 Å². The van der Waals surface area contributed by atoms with E-state index in [0.717, 1.165) is 0 Å². The van der Waals surface area contributed by atoms with Crippen LogP contribution in [0.2, 0.25) is 10.0 Å². The molecule has 0 aliphatic rings. The predicted molar refractivity (Wildman–Crippen MR) is 126 cm³/mol. The van der Waals surface area contributed by atoms with Gasteiger partial charge in [-0.2, -0.15) is 0 Å². The Hall–Kier alpha value is -3.17. The molecule has 0 fully saturated rings. The van der Waals surface area contributed by atoms with Crippen molar-refractivity contribution in [3.05, 3.63) is 58.6 Å². The zero-order valence-electron chi connectivity index (χ0n) is 18.2. The summed E-state index contributed by atoms with van der Waals surface area (Å²) in [5, 5.41) is 6.18. The maximum Gasteiger partial charge on any atom is 0.411 e. The van der Waals surface area contributed by atoms with Gasteiger partial charge in [0.15, 0.2) is 0 Å². The minimum absolute atomic E-state index is 0.0434. The molecule has 0 aromatic heterocycles. The number of rotatable bonds is 9. The highest BCUT2D eigenvalue weighted by atomic mass is 35.5. The van der Waals surface area contributed by atoms with Crippen molar-refractivity contribution in [3.63, 3.8) is 0 Å². The van der Waals surface area contributed by atoms with E-state index >= 15 is 0 Å². The Morgan fingerprint density at radius 1 is 0.788 bits per heavy atom. The summed E-state index contributed by atoms with van der Waals surface area (Å²) in [6.07, 6.45) is -2.34. The van der Waals surface area contributed by atoms with Crippen LogP contribution >= 0.6 is 23.2 Å². The highest BCUT2D eigenvalue weighted by molar-refractivity contribution is 6.30. The van der Waals surface area contributed by atoms with Crippen LogP contribution in [-0.2, 0) is 14.2 Å². The molecule has 33 heavy (non-hydrogen) atoms. The quantitative estimate of drug-likeness (QED) is 0.434. The molecule has 2 N–H and O–H groups in total. The van der Waals surface area contributed by atoms with Crippen molar-refractivity contribution in [3.8, 4) is 0 Å². The van der Waals surface area contributed by atoms with Crippen LogP contribution < -0.4 is 10.6 Å². The van der Waals surface area contributed by atoms with Gasteiger partial charge in [-0.3, -0.25) is 10.6 Å². The van der Waals surface area contributed by atoms with Crippen LogP contribution in [0.1, 0.15) is 13.8 Å². The number of nitrogens with one attached hydrogen (secondary N) is 2. The summed E-state index contributed by atoms with van der Waals surface area (Å²) in [6, 6.07) is 13.0. The molecule has 9 nitrogen and oxygen atoms in total. The third-order valence-electron chi connectivity index (χ3n) is 3.96. The second-order valence-electron chi connectivity index (χ2n) is 6.96. The Labute approximate surface area is 201 Å². The highest BCUT2D eigenvalue weighted by Gasteiger charge is 2.18. The van der Waals surface area contributed by atoms with Gasteiger partial charge in [0.2, 0.25) is 0 Å². The van der Waals surface area contributed by atoms with Crippen molar-refractivity contribution >= 4 is 52.9 Å². The summed E-state index contributed by atoms with van der Waals surface area (Å²) < 4.78 is 15.4. The Morgan fingerprint density at radius 3 is 1.55 bits per heavy atom. The summed E-state index contributed by atoms with van der Waals surface area (Å²) in [4.78, 5) is 37.5. The van der Waals surface area contributed by atoms with Crippen LogP contribution in [0.25, 0.3) is 0 Å². The number of carbonyl (C=O) groups excluding carboxylic acids is 3. The molecule has 2 aromatic carbocycles. The molecule has 0 bridgehead atoms. The Kier molecular flexibility index (Phi) is 10.6. The molecule has 0 saturated carbocycles. The molecule has 0 aliphatic heterocycles. The SMILES string of the molecule is CC(C)OC(=O)N(CCOC(=O)Nc1ccc(Cl)cc1)CCOC(=O)Nc1ccc(Cl)cc1. The third-order valence-corrected chi connectivity index (χ3v) is 4.47. The number of halogens is 2. The topological polar surface area (TPSA) is 106 Å². The Morgan fingerprint density at radius 2 is 1.18 bits per heavy atom. The summed E-state index contributed by atoms with van der Waals surface area (Å²) in [5.41, 5.74) is 1.03. The molecule has 0 unspecified atom stereocenters. The lowest BCUT2D eigenvalue weighted by atomic mass is 10.3. The molecule has 0 aliphatic carbocycles. The average molecular weight is 498 g/mol. The van der Waals surface area contributed by atoms with Crippen LogP contribution in [-0.4, -0.2) is 55.6 Å². The van der Waals surface area contributed by atoms with Gasteiger partial charge in [0.05, 0.1) is 19.2 Å². The number of anilines is 2. The number of hydrogen-bond donors (Lipinski definition) is 2. The van der Waals surface area contributed by atoms with Crippen molar-refractivity contribution < 1.29 is 28.6 Å². The van der Waals surface area contributed by atoms with Gasteiger partial charge in [-0.05, 0) is 62.4 Å². The lowest BCUT2D eigenvalue weighted by Crippen LogP contribution is -2.39. The van der Waals surface area contributed by atoms with E-state index in [4.69, 9.17) is 37.4 Å². The fraction of sp³-hybridized carbons (Fsp3) is 0.318. The summed E-state index contributed by atoms with van der Waals surface area (Å²) in [7, 11) is 0. The first-order chi connectivity index (χ1) is 15.7. The van der Waals surface area contributed by atoms with Gasteiger partial charge < -0.3 is 19.1 Å². The number of carbonyl (C=O) groups is 3. The van der Waals surface area contributed by atoms with Crippen molar-refractivity contribution in [2.45, 2.75) is 20.0 Å². The number of hydrogen-bond acceptors (Lipinski definition) is 6. The first-order valence-corrected chi connectivity index (χ1v) is 10.8. The van der Waals surface area contributed by atoms with Crippen LogP contribution in [0, 0.1) is 0 Å². The molecule has 2 aromatic rings. The van der Waals surface area contributed by atoms with E-state index in [1.165, 1.54) is 4.90 Å². The van der Waals surface area contributed by atoms with Gasteiger partial charge in [0.25, 0.3) is 0 Å². The zero-order chi connectivity index (χ0) is 24.2. The van der Waals surface area contributed by atoms with Crippen LogP contribution in [0.3, 0.4) is 0 Å². The Bertz CT molecular complexity index is 857. The van der Waals surface area contributed by atoms with E-state index in [2.05, 4.69) is 10.6 Å². The second kappa shape index (κ2) is 13.4. The summed E-state index contributed by atoms with van der Waals surface area (Å²) in [6.45, 7) is 3.32. The van der Waals surface area contributed by atoms with Gasteiger partial charge >= 0.3 is 18.3 Å². The average Bonchev–Trinajstić information content (AvgIpc) is 2.75. The van der Waals surface area contributed by atoms with E-state index in [1.54, 1.807) is 62.4 Å². The third kappa shape index (κ3) is 10.3. The van der Waals surface area contributed by atoms with E-state index in [9.17, 15) is 14.4 Å². The van der Waals surface area contributed by atoms with Gasteiger partial charge in [-0.15, -0.1) is 0 Å². The Balaban J connectivity index is 1.79. The van der Waals surface area contributed by atoms with Crippen LogP contribution in [0.4, 0.5) is 25.8 Å².